The summed E-state index contributed by atoms with van der Waals surface area (Å²) in [6.45, 7) is 3.45. The number of aryl methyl sites for hydroxylation is 1. The van der Waals surface area contributed by atoms with Crippen LogP contribution in [0.4, 0.5) is 0 Å². The van der Waals surface area contributed by atoms with E-state index in [1.807, 2.05) is 43.5 Å². The molecule has 0 aliphatic carbocycles. The van der Waals surface area contributed by atoms with E-state index in [2.05, 4.69) is 17.2 Å². The second-order valence-electron chi connectivity index (χ2n) is 4.63. The Morgan fingerprint density at radius 3 is 2.53 bits per heavy atom. The maximum absolute atomic E-state index is 11.7. The molecule has 0 aliphatic heterocycles. The van der Waals surface area contributed by atoms with Gasteiger partial charge in [-0.1, -0.05) is 30.3 Å². The van der Waals surface area contributed by atoms with Crippen LogP contribution in [0.15, 0.2) is 48.7 Å². The van der Waals surface area contributed by atoms with E-state index >= 15 is 0 Å². The number of rotatable bonds is 2. The molecule has 0 saturated heterocycles. The van der Waals surface area contributed by atoms with Gasteiger partial charge in [-0.25, -0.2) is 4.52 Å². The average molecular weight is 250 g/mol. The second-order valence-corrected chi connectivity index (χ2v) is 4.63. The minimum absolute atomic E-state index is 0.0534. The summed E-state index contributed by atoms with van der Waals surface area (Å²) >= 11 is 0. The van der Waals surface area contributed by atoms with Crippen LogP contribution in [0.3, 0.4) is 0 Å². The molecule has 0 radical (unpaired) electrons. The van der Waals surface area contributed by atoms with Crippen molar-refractivity contribution in [2.24, 2.45) is 0 Å². The Morgan fingerprint density at radius 1 is 1.11 bits per heavy atom. The Balaban J connectivity index is 2.25. The summed E-state index contributed by atoms with van der Waals surface area (Å²) in [7, 11) is 0. The maximum atomic E-state index is 11.7. The number of hydrogen-bond donors (Lipinski definition) is 0. The third kappa shape index (κ3) is 1.93. The Hall–Kier alpha value is -2.42. The predicted octanol–water partition coefficient (Wildman–Crippen LogP) is 3.51. The van der Waals surface area contributed by atoms with Gasteiger partial charge in [0.25, 0.3) is 0 Å². The molecule has 0 unspecified atom stereocenters. The fourth-order valence-corrected chi connectivity index (χ4v) is 2.41. The number of carbonyl (C=O) groups is 1. The molecular weight excluding hydrogens is 236 g/mol. The first-order valence-electron chi connectivity index (χ1n) is 6.22. The zero-order valence-electron chi connectivity index (χ0n) is 10.9. The Morgan fingerprint density at radius 2 is 1.84 bits per heavy atom. The van der Waals surface area contributed by atoms with Gasteiger partial charge in [-0.2, -0.15) is 5.10 Å². The van der Waals surface area contributed by atoms with Gasteiger partial charge >= 0.3 is 0 Å². The van der Waals surface area contributed by atoms with Gasteiger partial charge in [0.1, 0.15) is 0 Å². The zero-order chi connectivity index (χ0) is 13.4. The van der Waals surface area contributed by atoms with Crippen molar-refractivity contribution in [3.8, 4) is 11.1 Å². The topological polar surface area (TPSA) is 34.4 Å². The van der Waals surface area contributed by atoms with Crippen molar-refractivity contribution >= 4 is 11.3 Å². The first-order valence-corrected chi connectivity index (χ1v) is 6.22. The minimum atomic E-state index is 0.0534. The molecule has 3 aromatic rings. The summed E-state index contributed by atoms with van der Waals surface area (Å²) in [5.74, 6) is 0.0534. The van der Waals surface area contributed by atoms with Crippen LogP contribution in [0.1, 0.15) is 23.0 Å². The Labute approximate surface area is 111 Å². The highest BCUT2D eigenvalue weighted by atomic mass is 16.1. The lowest BCUT2D eigenvalue weighted by Gasteiger charge is -2.03. The standard InChI is InChI=1S/C16H14N2O/c1-11-16(12(2)19)15-10-14(8-9-18(15)17-11)13-6-4-3-5-7-13/h3-10H,1-2H3. The first-order chi connectivity index (χ1) is 9.16. The van der Waals surface area contributed by atoms with E-state index in [-0.39, 0.29) is 5.78 Å². The van der Waals surface area contributed by atoms with Crippen molar-refractivity contribution in [3.05, 3.63) is 59.9 Å². The number of Topliss-reactive ketones (excluding diaryl/α,β-unsaturated/α-hetero) is 1. The monoisotopic (exact) mass is 250 g/mol. The molecule has 2 heterocycles. The number of hydrogen-bond acceptors (Lipinski definition) is 2. The summed E-state index contributed by atoms with van der Waals surface area (Å²) in [6, 6.07) is 14.2. The molecule has 2 aromatic heterocycles. The first kappa shape index (κ1) is 11.7. The molecule has 0 bridgehead atoms. The number of carbonyl (C=O) groups excluding carboxylic acids is 1. The normalized spacial score (nSPS) is 10.8. The molecule has 0 saturated carbocycles. The van der Waals surface area contributed by atoms with Crippen LogP contribution >= 0.6 is 0 Å². The summed E-state index contributed by atoms with van der Waals surface area (Å²) in [5, 5.41) is 4.36. The number of aromatic nitrogens is 2. The molecule has 19 heavy (non-hydrogen) atoms. The summed E-state index contributed by atoms with van der Waals surface area (Å²) in [5.41, 5.74) is 4.58. The molecule has 1 aromatic carbocycles. The lowest BCUT2D eigenvalue weighted by molar-refractivity contribution is 0.101. The summed E-state index contributed by atoms with van der Waals surface area (Å²) < 4.78 is 1.76. The summed E-state index contributed by atoms with van der Waals surface area (Å²) in [4.78, 5) is 11.7. The fraction of sp³-hybridized carbons (Fsp3) is 0.125. The van der Waals surface area contributed by atoms with E-state index in [1.54, 1.807) is 11.4 Å². The van der Waals surface area contributed by atoms with Crippen molar-refractivity contribution < 1.29 is 4.79 Å². The molecule has 3 heteroatoms. The Bertz CT molecular complexity index is 757. The van der Waals surface area contributed by atoms with Crippen molar-refractivity contribution in [3.63, 3.8) is 0 Å². The maximum Gasteiger partial charge on any atom is 0.163 e. The van der Waals surface area contributed by atoms with Crippen LogP contribution in [-0.2, 0) is 0 Å². The molecular formula is C16H14N2O. The van der Waals surface area contributed by atoms with E-state index in [0.29, 0.717) is 5.56 Å². The molecule has 0 spiro atoms. The van der Waals surface area contributed by atoms with Gasteiger partial charge in [0.15, 0.2) is 5.78 Å². The predicted molar refractivity (Wildman–Crippen MR) is 75.4 cm³/mol. The van der Waals surface area contributed by atoms with Crippen molar-refractivity contribution in [2.75, 3.05) is 0 Å². The van der Waals surface area contributed by atoms with Crippen molar-refractivity contribution in [1.29, 1.82) is 0 Å². The van der Waals surface area contributed by atoms with Gasteiger partial charge in [0, 0.05) is 6.20 Å². The van der Waals surface area contributed by atoms with E-state index in [1.165, 1.54) is 0 Å². The van der Waals surface area contributed by atoms with Gasteiger partial charge in [-0.15, -0.1) is 0 Å². The highest BCUT2D eigenvalue weighted by Gasteiger charge is 2.13. The Kier molecular flexibility index (Phi) is 2.67. The van der Waals surface area contributed by atoms with Crippen LogP contribution in [-0.4, -0.2) is 15.4 Å². The third-order valence-electron chi connectivity index (χ3n) is 3.27. The number of ketones is 1. The van der Waals surface area contributed by atoms with E-state index in [4.69, 9.17) is 0 Å². The fourth-order valence-electron chi connectivity index (χ4n) is 2.41. The number of pyridine rings is 1. The molecule has 0 fully saturated rings. The average Bonchev–Trinajstić information content (AvgIpc) is 2.74. The molecule has 94 valence electrons. The van der Waals surface area contributed by atoms with Crippen LogP contribution < -0.4 is 0 Å². The smallest absolute Gasteiger partial charge is 0.163 e. The quantitative estimate of drug-likeness (QED) is 0.652. The van der Waals surface area contributed by atoms with Crippen LogP contribution in [0.5, 0.6) is 0 Å². The van der Waals surface area contributed by atoms with Crippen LogP contribution in [0.25, 0.3) is 16.6 Å². The van der Waals surface area contributed by atoms with E-state index in [0.717, 1.165) is 22.3 Å². The summed E-state index contributed by atoms with van der Waals surface area (Å²) in [6.07, 6.45) is 1.90. The lowest BCUT2D eigenvalue weighted by atomic mass is 10.0. The zero-order valence-corrected chi connectivity index (χ0v) is 10.9. The van der Waals surface area contributed by atoms with Crippen molar-refractivity contribution in [1.82, 2.24) is 9.61 Å². The van der Waals surface area contributed by atoms with Crippen LogP contribution in [0.2, 0.25) is 0 Å². The van der Waals surface area contributed by atoms with Crippen molar-refractivity contribution in [2.45, 2.75) is 13.8 Å². The number of benzene rings is 1. The largest absolute Gasteiger partial charge is 0.294 e. The van der Waals surface area contributed by atoms with Gasteiger partial charge in [0.05, 0.1) is 16.8 Å². The minimum Gasteiger partial charge on any atom is -0.294 e. The molecule has 3 nitrogen and oxygen atoms in total. The van der Waals surface area contributed by atoms with E-state index in [9.17, 15) is 4.79 Å². The van der Waals surface area contributed by atoms with Gasteiger partial charge in [-0.3, -0.25) is 4.79 Å². The molecule has 0 N–H and O–H groups in total. The lowest BCUT2D eigenvalue weighted by Crippen LogP contribution is -1.93. The van der Waals surface area contributed by atoms with E-state index < -0.39 is 0 Å². The molecule has 0 amide bonds. The molecule has 3 rings (SSSR count). The molecule has 0 atom stereocenters. The highest BCUT2D eigenvalue weighted by Crippen LogP contribution is 2.23. The molecule has 0 aliphatic rings. The number of nitrogens with zero attached hydrogens (tertiary/aromatic N) is 2. The van der Waals surface area contributed by atoms with Gasteiger partial charge in [0.2, 0.25) is 0 Å². The third-order valence-corrected chi connectivity index (χ3v) is 3.27. The second kappa shape index (κ2) is 4.35. The highest BCUT2D eigenvalue weighted by molar-refractivity contribution is 6.02. The number of fused-ring (bicyclic) bond motifs is 1. The van der Waals surface area contributed by atoms with Gasteiger partial charge < -0.3 is 0 Å². The SMILES string of the molecule is CC(=O)c1c(C)nn2ccc(-c3ccccc3)cc12. The van der Waals surface area contributed by atoms with Gasteiger partial charge in [-0.05, 0) is 37.1 Å². The van der Waals surface area contributed by atoms with Crippen LogP contribution in [0, 0.1) is 6.92 Å².